The van der Waals surface area contributed by atoms with Crippen LogP contribution < -0.4 is 5.56 Å². The van der Waals surface area contributed by atoms with E-state index in [1.54, 1.807) is 6.07 Å². The highest BCUT2D eigenvalue weighted by Gasteiger charge is 2.30. The molecule has 0 aliphatic carbocycles. The Kier molecular flexibility index (Phi) is 5.12. The van der Waals surface area contributed by atoms with Crippen molar-refractivity contribution in [3.8, 4) is 17.1 Å². The van der Waals surface area contributed by atoms with Crippen molar-refractivity contribution in [1.82, 2.24) is 29.5 Å². The van der Waals surface area contributed by atoms with Gasteiger partial charge in [0.2, 0.25) is 11.7 Å². The third-order valence-electron chi connectivity index (χ3n) is 5.08. The van der Waals surface area contributed by atoms with Gasteiger partial charge in [-0.1, -0.05) is 29.4 Å². The second-order valence-corrected chi connectivity index (χ2v) is 7.31. The van der Waals surface area contributed by atoms with Gasteiger partial charge in [-0.15, -0.1) is 0 Å². The Morgan fingerprint density at radius 3 is 2.69 bits per heavy atom. The predicted molar refractivity (Wildman–Crippen MR) is 114 cm³/mol. The van der Waals surface area contributed by atoms with Crippen LogP contribution in [-0.2, 0) is 12.7 Å². The van der Waals surface area contributed by atoms with Crippen LogP contribution >= 0.6 is 0 Å². The lowest BCUT2D eigenvalue weighted by Gasteiger charge is -2.06. The van der Waals surface area contributed by atoms with E-state index < -0.39 is 22.2 Å². The zero-order chi connectivity index (χ0) is 24.7. The highest BCUT2D eigenvalue weighted by atomic mass is 19.4. The summed E-state index contributed by atoms with van der Waals surface area (Å²) in [5, 5.41) is 19.2. The fraction of sp³-hybridized carbons (Fsp3) is 0.0952. The van der Waals surface area contributed by atoms with Crippen LogP contribution in [0.25, 0.3) is 28.1 Å². The number of hydrogen-bond acceptors (Lipinski definition) is 8. The lowest BCUT2D eigenvalue weighted by Crippen LogP contribution is -2.21. The van der Waals surface area contributed by atoms with Crippen LogP contribution in [0.4, 0.5) is 18.9 Å². The van der Waals surface area contributed by atoms with E-state index in [1.165, 1.54) is 47.5 Å². The number of benzene rings is 2. The lowest BCUT2D eigenvalue weighted by atomic mass is 10.1. The van der Waals surface area contributed by atoms with Crippen LogP contribution in [0.5, 0.6) is 0 Å². The minimum absolute atomic E-state index is 0.0354. The number of nitro groups is 1. The first-order chi connectivity index (χ1) is 16.7. The van der Waals surface area contributed by atoms with Crippen molar-refractivity contribution in [3.63, 3.8) is 0 Å². The highest BCUT2D eigenvalue weighted by molar-refractivity contribution is 5.76. The van der Waals surface area contributed by atoms with Gasteiger partial charge in [0.05, 0.1) is 16.7 Å². The molecule has 0 saturated heterocycles. The molecule has 0 fully saturated rings. The Morgan fingerprint density at radius 1 is 1.11 bits per heavy atom. The van der Waals surface area contributed by atoms with Crippen molar-refractivity contribution >= 4 is 16.7 Å². The average molecular weight is 483 g/mol. The van der Waals surface area contributed by atoms with Crippen LogP contribution in [0, 0.1) is 10.1 Å². The molecule has 0 bridgehead atoms. The third kappa shape index (κ3) is 4.01. The van der Waals surface area contributed by atoms with Gasteiger partial charge in [-0.25, -0.2) is 9.67 Å². The van der Waals surface area contributed by atoms with Crippen LogP contribution in [0.3, 0.4) is 0 Å². The van der Waals surface area contributed by atoms with Crippen LogP contribution in [0.15, 0.2) is 70.4 Å². The minimum atomic E-state index is -4.53. The predicted octanol–water partition coefficient (Wildman–Crippen LogP) is 3.61. The van der Waals surface area contributed by atoms with Crippen molar-refractivity contribution < 1.29 is 22.6 Å². The molecule has 14 heteroatoms. The molecular weight excluding hydrogens is 471 g/mol. The molecule has 11 nitrogen and oxygen atoms in total. The van der Waals surface area contributed by atoms with Crippen molar-refractivity contribution in [1.29, 1.82) is 0 Å². The van der Waals surface area contributed by atoms with Gasteiger partial charge in [0.15, 0.2) is 5.65 Å². The summed E-state index contributed by atoms with van der Waals surface area (Å²) in [6.45, 7) is -0.204. The standard InChI is InChI=1S/C21H12F3N7O4/c22-21(23,24)13-5-3-4-12(8-13)18-27-17(35-28-18)10-29-11-25-19-14(20(29)32)9-26-30(19)15-6-1-2-7-16(15)31(33)34/h1-9,11H,10H2. The van der Waals surface area contributed by atoms with Crippen LogP contribution in [0.1, 0.15) is 11.5 Å². The first kappa shape index (κ1) is 21.9. The van der Waals surface area contributed by atoms with Crippen LogP contribution in [0.2, 0.25) is 0 Å². The maximum Gasteiger partial charge on any atom is 0.416 e. The van der Waals surface area contributed by atoms with Crippen molar-refractivity contribution in [3.05, 3.63) is 93.0 Å². The monoisotopic (exact) mass is 483 g/mol. The van der Waals surface area contributed by atoms with Gasteiger partial charge in [-0.05, 0) is 18.2 Å². The van der Waals surface area contributed by atoms with Crippen molar-refractivity contribution in [2.45, 2.75) is 12.7 Å². The molecule has 3 heterocycles. The van der Waals surface area contributed by atoms with Gasteiger partial charge < -0.3 is 4.52 Å². The molecule has 0 N–H and O–H groups in total. The molecule has 0 saturated carbocycles. The summed E-state index contributed by atoms with van der Waals surface area (Å²) >= 11 is 0. The molecule has 5 aromatic rings. The molecule has 0 spiro atoms. The summed E-state index contributed by atoms with van der Waals surface area (Å²) in [7, 11) is 0. The molecule has 0 atom stereocenters. The van der Waals surface area contributed by atoms with E-state index in [4.69, 9.17) is 4.52 Å². The summed E-state index contributed by atoms with van der Waals surface area (Å²) in [6.07, 6.45) is -2.10. The topological polar surface area (TPSA) is 135 Å². The number of nitro benzene ring substituents is 1. The van der Waals surface area contributed by atoms with Crippen molar-refractivity contribution in [2.75, 3.05) is 0 Å². The van der Waals surface area contributed by atoms with Crippen molar-refractivity contribution in [2.24, 2.45) is 0 Å². The average Bonchev–Trinajstić information content (AvgIpc) is 3.48. The molecule has 35 heavy (non-hydrogen) atoms. The number of alkyl halides is 3. The summed E-state index contributed by atoms with van der Waals surface area (Å²) < 4.78 is 46.4. The number of nitrogens with zero attached hydrogens (tertiary/aromatic N) is 7. The van der Waals surface area contributed by atoms with E-state index >= 15 is 0 Å². The van der Waals surface area contributed by atoms with E-state index in [0.717, 1.165) is 16.7 Å². The van der Waals surface area contributed by atoms with E-state index in [0.29, 0.717) is 0 Å². The zero-order valence-corrected chi connectivity index (χ0v) is 17.4. The third-order valence-corrected chi connectivity index (χ3v) is 5.08. The Bertz CT molecular complexity index is 1640. The summed E-state index contributed by atoms with van der Waals surface area (Å²) in [5.41, 5.74) is -1.25. The first-order valence-corrected chi connectivity index (χ1v) is 9.89. The van der Waals surface area contributed by atoms with Gasteiger partial charge in [0.1, 0.15) is 23.9 Å². The van der Waals surface area contributed by atoms with Gasteiger partial charge in [0.25, 0.3) is 11.2 Å². The van der Waals surface area contributed by atoms with Gasteiger partial charge in [0, 0.05) is 11.6 Å². The van der Waals surface area contributed by atoms with E-state index in [9.17, 15) is 28.1 Å². The Hall–Kier alpha value is -4.88. The summed E-state index contributed by atoms with van der Waals surface area (Å²) in [4.78, 5) is 32.0. The molecule has 0 unspecified atom stereocenters. The van der Waals surface area contributed by atoms with Gasteiger partial charge >= 0.3 is 6.18 Å². The second-order valence-electron chi connectivity index (χ2n) is 7.31. The molecule has 2 aromatic carbocycles. The largest absolute Gasteiger partial charge is 0.416 e. The molecule has 3 aromatic heterocycles. The lowest BCUT2D eigenvalue weighted by molar-refractivity contribution is -0.384. The highest BCUT2D eigenvalue weighted by Crippen LogP contribution is 2.31. The molecule has 176 valence electrons. The second kappa shape index (κ2) is 8.16. The molecule has 0 radical (unpaired) electrons. The number of fused-ring (bicyclic) bond motifs is 1. The van der Waals surface area contributed by atoms with Crippen LogP contribution in [-0.4, -0.2) is 34.4 Å². The van der Waals surface area contributed by atoms with Gasteiger partial charge in [-0.3, -0.25) is 19.5 Å². The molecular formula is C21H12F3N7O4. The summed E-state index contributed by atoms with van der Waals surface area (Å²) in [5.74, 6) is -0.107. The van der Waals surface area contributed by atoms with E-state index in [-0.39, 0.29) is 46.2 Å². The molecule has 0 amide bonds. The fourth-order valence-electron chi connectivity index (χ4n) is 3.45. The van der Waals surface area contributed by atoms with E-state index in [2.05, 4.69) is 20.2 Å². The normalized spacial score (nSPS) is 11.7. The number of halogens is 3. The molecule has 0 aliphatic rings. The number of hydrogen-bond donors (Lipinski definition) is 0. The zero-order valence-electron chi connectivity index (χ0n) is 17.4. The fourth-order valence-corrected chi connectivity index (χ4v) is 3.45. The Labute approximate surface area is 192 Å². The number of aromatic nitrogens is 6. The van der Waals surface area contributed by atoms with E-state index in [1.807, 2.05) is 0 Å². The SMILES string of the molecule is O=c1c2cnn(-c3ccccc3[N+](=O)[O-])c2ncn1Cc1nc(-c2cccc(C(F)(F)F)c2)no1. The number of rotatable bonds is 5. The van der Waals surface area contributed by atoms with Gasteiger partial charge in [-0.2, -0.15) is 23.3 Å². The quantitative estimate of drug-likeness (QED) is 0.273. The molecule has 5 rings (SSSR count). The Balaban J connectivity index is 1.46. The maximum atomic E-state index is 13.0. The molecule has 0 aliphatic heterocycles. The smallest absolute Gasteiger partial charge is 0.337 e. The maximum absolute atomic E-state index is 13.0. The number of para-hydroxylation sites is 2. The Morgan fingerprint density at radius 2 is 1.91 bits per heavy atom. The first-order valence-electron chi connectivity index (χ1n) is 9.89. The summed E-state index contributed by atoms with van der Waals surface area (Å²) in [6, 6.07) is 10.3. The minimum Gasteiger partial charge on any atom is -0.337 e.